The van der Waals surface area contributed by atoms with Gasteiger partial charge in [0, 0.05) is 5.70 Å². The van der Waals surface area contributed by atoms with Crippen molar-refractivity contribution in [1.29, 1.82) is 0 Å². The molecular weight excluding hydrogens is 158 g/mol. The number of hydrogen-bond donors (Lipinski definition) is 1. The van der Waals surface area contributed by atoms with Gasteiger partial charge in [-0.15, -0.1) is 0 Å². The molecule has 1 nitrogen and oxygen atoms in total. The Kier molecular flexibility index (Phi) is 3.13. The second-order valence-corrected chi connectivity index (χ2v) is 3.63. The topological polar surface area (TPSA) is 26.0 Å². The van der Waals surface area contributed by atoms with Gasteiger partial charge in [0.1, 0.15) is 0 Å². The van der Waals surface area contributed by atoms with E-state index >= 15 is 0 Å². The molecule has 0 aliphatic rings. The van der Waals surface area contributed by atoms with Crippen molar-refractivity contribution in [2.24, 2.45) is 5.73 Å². The molecule has 1 aromatic rings. The summed E-state index contributed by atoms with van der Waals surface area (Å²) in [6.07, 6.45) is 0.961. The third-order valence-electron chi connectivity index (χ3n) is 2.26. The molecule has 0 aromatic heterocycles. The lowest BCUT2D eigenvalue weighted by Crippen LogP contribution is -1.98. The standard InChI is InChI=1S/C12H17N/c1-9-4-6-12(7-5-9)8-10(2)11(3)13/h4-7H,8,13H2,1-3H3/b11-10-. The summed E-state index contributed by atoms with van der Waals surface area (Å²) in [5, 5.41) is 0. The molecule has 0 unspecified atom stereocenters. The van der Waals surface area contributed by atoms with Gasteiger partial charge in [-0.2, -0.15) is 0 Å². The maximum Gasteiger partial charge on any atom is 0.00413 e. The van der Waals surface area contributed by atoms with E-state index in [2.05, 4.69) is 38.1 Å². The van der Waals surface area contributed by atoms with Crippen LogP contribution >= 0.6 is 0 Å². The second-order valence-electron chi connectivity index (χ2n) is 3.63. The first-order chi connectivity index (χ1) is 6.09. The number of nitrogens with two attached hydrogens (primary N) is 1. The van der Waals surface area contributed by atoms with Crippen LogP contribution in [0, 0.1) is 6.92 Å². The Bertz CT molecular complexity index is 302. The average molecular weight is 175 g/mol. The summed E-state index contributed by atoms with van der Waals surface area (Å²) in [5.74, 6) is 0. The van der Waals surface area contributed by atoms with Crippen LogP contribution in [0.4, 0.5) is 0 Å². The molecule has 0 saturated carbocycles. The van der Waals surface area contributed by atoms with Crippen LogP contribution in [-0.4, -0.2) is 0 Å². The zero-order chi connectivity index (χ0) is 9.84. The zero-order valence-corrected chi connectivity index (χ0v) is 8.59. The first kappa shape index (κ1) is 9.85. The van der Waals surface area contributed by atoms with Crippen LogP contribution in [0.2, 0.25) is 0 Å². The Balaban J connectivity index is 2.76. The highest BCUT2D eigenvalue weighted by Crippen LogP contribution is 2.10. The minimum atomic E-state index is 0.931. The molecular formula is C12H17N. The molecule has 1 aromatic carbocycles. The molecule has 0 radical (unpaired) electrons. The minimum absolute atomic E-state index is 0.931. The SMILES string of the molecule is C/C(N)=C(\C)Cc1ccc(C)cc1. The van der Waals surface area contributed by atoms with E-state index in [1.165, 1.54) is 16.7 Å². The van der Waals surface area contributed by atoms with E-state index in [1.807, 2.05) is 6.92 Å². The number of benzene rings is 1. The van der Waals surface area contributed by atoms with Crippen molar-refractivity contribution in [3.63, 3.8) is 0 Å². The van der Waals surface area contributed by atoms with Crippen molar-refractivity contribution in [3.8, 4) is 0 Å². The zero-order valence-electron chi connectivity index (χ0n) is 8.59. The molecule has 1 heteroatoms. The molecule has 70 valence electrons. The normalized spacial score (nSPS) is 12.5. The number of aryl methyl sites for hydroxylation is 1. The Hall–Kier alpha value is -1.24. The van der Waals surface area contributed by atoms with Gasteiger partial charge in [0.25, 0.3) is 0 Å². The molecule has 0 spiro atoms. The summed E-state index contributed by atoms with van der Waals surface area (Å²) in [4.78, 5) is 0. The lowest BCUT2D eigenvalue weighted by molar-refractivity contribution is 1.07. The maximum atomic E-state index is 5.69. The van der Waals surface area contributed by atoms with Gasteiger partial charge in [-0.3, -0.25) is 0 Å². The lowest BCUT2D eigenvalue weighted by Gasteiger charge is -2.04. The number of hydrogen-bond acceptors (Lipinski definition) is 1. The summed E-state index contributed by atoms with van der Waals surface area (Å²) in [5.41, 5.74) is 10.5. The summed E-state index contributed by atoms with van der Waals surface area (Å²) >= 11 is 0. The summed E-state index contributed by atoms with van der Waals surface area (Å²) in [6, 6.07) is 8.58. The monoisotopic (exact) mass is 175 g/mol. The highest BCUT2D eigenvalue weighted by Gasteiger charge is 1.96. The van der Waals surface area contributed by atoms with Crippen LogP contribution in [-0.2, 0) is 6.42 Å². The fourth-order valence-corrected chi connectivity index (χ4v) is 1.15. The summed E-state index contributed by atoms with van der Waals surface area (Å²) in [7, 11) is 0. The largest absolute Gasteiger partial charge is 0.402 e. The van der Waals surface area contributed by atoms with Crippen LogP contribution in [0.15, 0.2) is 35.5 Å². The summed E-state index contributed by atoms with van der Waals surface area (Å²) in [6.45, 7) is 6.12. The highest BCUT2D eigenvalue weighted by atomic mass is 14.6. The van der Waals surface area contributed by atoms with E-state index in [0.717, 1.165) is 12.1 Å². The van der Waals surface area contributed by atoms with Crippen molar-refractivity contribution in [2.75, 3.05) is 0 Å². The minimum Gasteiger partial charge on any atom is -0.402 e. The predicted molar refractivity (Wildman–Crippen MR) is 57.4 cm³/mol. The number of allylic oxidation sites excluding steroid dienone is 2. The van der Waals surface area contributed by atoms with Crippen LogP contribution in [0.25, 0.3) is 0 Å². The summed E-state index contributed by atoms with van der Waals surface area (Å²) < 4.78 is 0. The van der Waals surface area contributed by atoms with Crippen molar-refractivity contribution < 1.29 is 0 Å². The molecule has 1 rings (SSSR count). The van der Waals surface area contributed by atoms with Crippen molar-refractivity contribution in [3.05, 3.63) is 46.7 Å². The van der Waals surface area contributed by atoms with Crippen molar-refractivity contribution >= 4 is 0 Å². The van der Waals surface area contributed by atoms with Crippen LogP contribution in [0.5, 0.6) is 0 Å². The van der Waals surface area contributed by atoms with Crippen LogP contribution < -0.4 is 5.73 Å². The van der Waals surface area contributed by atoms with Crippen LogP contribution in [0.1, 0.15) is 25.0 Å². The fraction of sp³-hybridized carbons (Fsp3) is 0.333. The Labute approximate surface area is 80.3 Å². The predicted octanol–water partition coefficient (Wildman–Crippen LogP) is 2.79. The average Bonchev–Trinajstić information content (AvgIpc) is 2.08. The first-order valence-corrected chi connectivity index (χ1v) is 4.57. The van der Waals surface area contributed by atoms with E-state index in [0.29, 0.717) is 0 Å². The molecule has 0 bridgehead atoms. The highest BCUT2D eigenvalue weighted by molar-refractivity contribution is 5.26. The van der Waals surface area contributed by atoms with Gasteiger partial charge in [0.2, 0.25) is 0 Å². The second kappa shape index (κ2) is 4.13. The molecule has 0 atom stereocenters. The number of rotatable bonds is 2. The molecule has 0 fully saturated rings. The third kappa shape index (κ3) is 2.94. The Morgan fingerprint density at radius 1 is 1.15 bits per heavy atom. The third-order valence-corrected chi connectivity index (χ3v) is 2.26. The smallest absolute Gasteiger partial charge is 0.00413 e. The van der Waals surface area contributed by atoms with Gasteiger partial charge < -0.3 is 5.73 Å². The van der Waals surface area contributed by atoms with Gasteiger partial charge in [-0.1, -0.05) is 35.4 Å². The molecule has 0 heterocycles. The van der Waals surface area contributed by atoms with E-state index in [4.69, 9.17) is 5.73 Å². The molecule has 2 N–H and O–H groups in total. The van der Waals surface area contributed by atoms with Crippen LogP contribution in [0.3, 0.4) is 0 Å². The van der Waals surface area contributed by atoms with Gasteiger partial charge in [0.15, 0.2) is 0 Å². The molecule has 13 heavy (non-hydrogen) atoms. The van der Waals surface area contributed by atoms with Gasteiger partial charge in [-0.05, 0) is 32.8 Å². The Morgan fingerprint density at radius 2 is 1.69 bits per heavy atom. The molecule has 0 amide bonds. The van der Waals surface area contributed by atoms with Gasteiger partial charge in [-0.25, -0.2) is 0 Å². The molecule has 0 aliphatic carbocycles. The molecule has 0 saturated heterocycles. The van der Waals surface area contributed by atoms with Crippen molar-refractivity contribution in [1.82, 2.24) is 0 Å². The lowest BCUT2D eigenvalue weighted by atomic mass is 10.0. The Morgan fingerprint density at radius 3 is 2.15 bits per heavy atom. The molecule has 0 aliphatic heterocycles. The quantitative estimate of drug-likeness (QED) is 0.735. The fourth-order valence-electron chi connectivity index (χ4n) is 1.15. The van der Waals surface area contributed by atoms with Gasteiger partial charge >= 0.3 is 0 Å². The van der Waals surface area contributed by atoms with E-state index in [1.54, 1.807) is 0 Å². The van der Waals surface area contributed by atoms with E-state index < -0.39 is 0 Å². The van der Waals surface area contributed by atoms with E-state index in [9.17, 15) is 0 Å². The maximum absolute atomic E-state index is 5.69. The van der Waals surface area contributed by atoms with E-state index in [-0.39, 0.29) is 0 Å². The van der Waals surface area contributed by atoms with Crippen molar-refractivity contribution in [2.45, 2.75) is 27.2 Å². The van der Waals surface area contributed by atoms with Gasteiger partial charge in [0.05, 0.1) is 0 Å². The first-order valence-electron chi connectivity index (χ1n) is 4.57.